The normalized spacial score (nSPS) is 26.7. The van der Waals surface area contributed by atoms with Gasteiger partial charge in [0, 0.05) is 24.3 Å². The lowest BCUT2D eigenvalue weighted by molar-refractivity contribution is -0.122. The van der Waals surface area contributed by atoms with E-state index in [1.807, 2.05) is 12.1 Å². The Balaban J connectivity index is 1.53. The maximum absolute atomic E-state index is 12.6. The Morgan fingerprint density at radius 2 is 2.04 bits per heavy atom. The molecule has 0 radical (unpaired) electrons. The molecule has 3 rings (SSSR count). The molecule has 2 aliphatic rings. The van der Waals surface area contributed by atoms with Crippen LogP contribution in [0, 0.1) is 0 Å². The van der Waals surface area contributed by atoms with Crippen molar-refractivity contribution in [3.8, 4) is 0 Å². The second-order valence-electron chi connectivity index (χ2n) is 8.04. The summed E-state index contributed by atoms with van der Waals surface area (Å²) in [7, 11) is 2.21. The quantitative estimate of drug-likeness (QED) is 0.796. The van der Waals surface area contributed by atoms with Crippen molar-refractivity contribution in [2.75, 3.05) is 25.5 Å². The largest absolute Gasteiger partial charge is 0.325 e. The standard InChI is InChI=1S/C21H33N3O/c1-4-5-14-24(3)15-16(2)22-17-10-12-21(13-11-17)18-8-6-7-9-19(18)23-20(21)25/h6-9,16-17,22H,4-5,10-15H2,1-3H3,(H,23,25)/t16-,17?,21?/m0/s1. The number of carbonyl (C=O) groups excluding carboxylic acids is 1. The summed E-state index contributed by atoms with van der Waals surface area (Å²) in [5.41, 5.74) is 1.95. The molecule has 138 valence electrons. The zero-order chi connectivity index (χ0) is 17.9. The zero-order valence-corrected chi connectivity index (χ0v) is 16.0. The van der Waals surface area contributed by atoms with Gasteiger partial charge in [0.2, 0.25) is 5.91 Å². The molecular formula is C21H33N3O. The Kier molecular flexibility index (Phi) is 5.80. The van der Waals surface area contributed by atoms with Crippen LogP contribution in [-0.4, -0.2) is 43.0 Å². The first-order chi connectivity index (χ1) is 12.0. The molecule has 1 saturated carbocycles. The molecule has 4 nitrogen and oxygen atoms in total. The number of fused-ring (bicyclic) bond motifs is 2. The van der Waals surface area contributed by atoms with E-state index in [-0.39, 0.29) is 11.3 Å². The molecule has 0 aromatic heterocycles. The van der Waals surface area contributed by atoms with E-state index in [9.17, 15) is 4.79 Å². The van der Waals surface area contributed by atoms with Crippen LogP contribution in [0.3, 0.4) is 0 Å². The third kappa shape index (κ3) is 3.90. The number of benzene rings is 1. The molecule has 1 aromatic rings. The summed E-state index contributed by atoms with van der Waals surface area (Å²) in [6.45, 7) is 6.79. The van der Waals surface area contributed by atoms with E-state index in [2.05, 4.69) is 48.6 Å². The summed E-state index contributed by atoms with van der Waals surface area (Å²) in [6.07, 6.45) is 6.57. The Morgan fingerprint density at radius 1 is 1.32 bits per heavy atom. The van der Waals surface area contributed by atoms with Crippen LogP contribution < -0.4 is 10.6 Å². The van der Waals surface area contributed by atoms with Gasteiger partial charge in [-0.1, -0.05) is 31.5 Å². The van der Waals surface area contributed by atoms with Crippen LogP contribution in [0.15, 0.2) is 24.3 Å². The molecule has 1 heterocycles. The third-order valence-corrected chi connectivity index (χ3v) is 5.96. The lowest BCUT2D eigenvalue weighted by atomic mass is 9.69. The summed E-state index contributed by atoms with van der Waals surface area (Å²) in [5, 5.41) is 6.89. The highest BCUT2D eigenvalue weighted by atomic mass is 16.2. The second kappa shape index (κ2) is 7.88. The molecule has 1 atom stereocenters. The van der Waals surface area contributed by atoms with Crippen LogP contribution in [0.25, 0.3) is 0 Å². The van der Waals surface area contributed by atoms with Gasteiger partial charge in [-0.15, -0.1) is 0 Å². The number of para-hydroxylation sites is 1. The van der Waals surface area contributed by atoms with Crippen LogP contribution in [0.5, 0.6) is 0 Å². The first-order valence-electron chi connectivity index (χ1n) is 9.90. The molecule has 1 fully saturated rings. The molecular weight excluding hydrogens is 310 g/mol. The van der Waals surface area contributed by atoms with Crippen LogP contribution >= 0.6 is 0 Å². The number of nitrogens with one attached hydrogen (secondary N) is 2. The lowest BCUT2D eigenvalue weighted by Crippen LogP contribution is -2.48. The SMILES string of the molecule is CCCCN(C)C[C@H](C)NC1CCC2(CC1)C(=O)Nc1ccccc12. The molecule has 1 aliphatic carbocycles. The smallest absolute Gasteiger partial charge is 0.235 e. The van der Waals surface area contributed by atoms with Crippen LogP contribution in [-0.2, 0) is 10.2 Å². The molecule has 1 aromatic carbocycles. The number of likely N-dealkylation sites (N-methyl/N-ethyl adjacent to an activating group) is 1. The maximum atomic E-state index is 12.6. The molecule has 0 unspecified atom stereocenters. The summed E-state index contributed by atoms with van der Waals surface area (Å²) >= 11 is 0. The van der Waals surface area contributed by atoms with Gasteiger partial charge in [-0.2, -0.15) is 0 Å². The Bertz CT molecular complexity index is 593. The van der Waals surface area contributed by atoms with Crippen molar-refractivity contribution in [2.24, 2.45) is 0 Å². The zero-order valence-electron chi connectivity index (χ0n) is 16.0. The van der Waals surface area contributed by atoms with Crippen LogP contribution in [0.1, 0.15) is 57.9 Å². The van der Waals surface area contributed by atoms with Gasteiger partial charge in [0.1, 0.15) is 0 Å². The molecule has 25 heavy (non-hydrogen) atoms. The highest BCUT2D eigenvalue weighted by Gasteiger charge is 2.48. The van der Waals surface area contributed by atoms with E-state index >= 15 is 0 Å². The average molecular weight is 344 g/mol. The van der Waals surface area contributed by atoms with Crippen molar-refractivity contribution in [3.05, 3.63) is 29.8 Å². The molecule has 1 spiro atoms. The van der Waals surface area contributed by atoms with Gasteiger partial charge in [-0.25, -0.2) is 0 Å². The van der Waals surface area contributed by atoms with Gasteiger partial charge in [0.05, 0.1) is 5.41 Å². The van der Waals surface area contributed by atoms with E-state index in [1.165, 1.54) is 24.9 Å². The van der Waals surface area contributed by atoms with Gasteiger partial charge in [0.25, 0.3) is 0 Å². The molecule has 0 saturated heterocycles. The fraction of sp³-hybridized carbons (Fsp3) is 0.667. The number of rotatable bonds is 7. The van der Waals surface area contributed by atoms with Crippen molar-refractivity contribution in [1.29, 1.82) is 0 Å². The summed E-state index contributed by atoms with van der Waals surface area (Å²) in [5.74, 6) is 0.208. The van der Waals surface area contributed by atoms with Crippen molar-refractivity contribution >= 4 is 11.6 Å². The molecule has 2 N–H and O–H groups in total. The van der Waals surface area contributed by atoms with Crippen molar-refractivity contribution in [1.82, 2.24) is 10.2 Å². The van der Waals surface area contributed by atoms with Crippen molar-refractivity contribution < 1.29 is 4.79 Å². The minimum atomic E-state index is -0.282. The predicted octanol–water partition coefficient (Wildman–Crippen LogP) is 3.53. The Hall–Kier alpha value is -1.39. The first-order valence-corrected chi connectivity index (χ1v) is 9.90. The summed E-state index contributed by atoms with van der Waals surface area (Å²) < 4.78 is 0. The lowest BCUT2D eigenvalue weighted by Gasteiger charge is -2.37. The van der Waals surface area contributed by atoms with Gasteiger partial charge >= 0.3 is 0 Å². The number of carbonyl (C=O) groups is 1. The van der Waals surface area contributed by atoms with E-state index in [4.69, 9.17) is 0 Å². The highest BCUT2D eigenvalue weighted by molar-refractivity contribution is 6.06. The monoisotopic (exact) mass is 343 g/mol. The fourth-order valence-corrected chi connectivity index (χ4v) is 4.59. The topological polar surface area (TPSA) is 44.4 Å². The third-order valence-electron chi connectivity index (χ3n) is 5.96. The van der Waals surface area contributed by atoms with Gasteiger partial charge in [-0.05, 0) is 64.3 Å². The number of hydrogen-bond acceptors (Lipinski definition) is 3. The van der Waals surface area contributed by atoms with Crippen LogP contribution in [0.2, 0.25) is 0 Å². The van der Waals surface area contributed by atoms with E-state index in [0.29, 0.717) is 12.1 Å². The van der Waals surface area contributed by atoms with E-state index in [1.54, 1.807) is 0 Å². The molecule has 4 heteroatoms. The maximum Gasteiger partial charge on any atom is 0.235 e. The number of hydrogen-bond donors (Lipinski definition) is 2. The number of nitrogens with zero attached hydrogens (tertiary/aromatic N) is 1. The Labute approximate surface area is 152 Å². The van der Waals surface area contributed by atoms with E-state index < -0.39 is 0 Å². The van der Waals surface area contributed by atoms with E-state index in [0.717, 1.165) is 37.9 Å². The number of anilines is 1. The number of amides is 1. The average Bonchev–Trinajstić information content (AvgIpc) is 2.87. The van der Waals surface area contributed by atoms with Gasteiger partial charge < -0.3 is 15.5 Å². The van der Waals surface area contributed by atoms with Crippen molar-refractivity contribution in [3.63, 3.8) is 0 Å². The minimum Gasteiger partial charge on any atom is -0.325 e. The number of unbranched alkanes of at least 4 members (excludes halogenated alkanes) is 1. The first kappa shape index (κ1) is 18.4. The Morgan fingerprint density at radius 3 is 2.76 bits per heavy atom. The van der Waals surface area contributed by atoms with Gasteiger partial charge in [-0.3, -0.25) is 4.79 Å². The predicted molar refractivity (Wildman–Crippen MR) is 104 cm³/mol. The summed E-state index contributed by atoms with van der Waals surface area (Å²) in [4.78, 5) is 15.1. The molecule has 1 amide bonds. The minimum absolute atomic E-state index is 0.208. The molecule has 0 bridgehead atoms. The molecule has 1 aliphatic heterocycles. The highest BCUT2D eigenvalue weighted by Crippen LogP contribution is 2.47. The fourth-order valence-electron chi connectivity index (χ4n) is 4.59. The summed E-state index contributed by atoms with van der Waals surface area (Å²) in [6, 6.07) is 9.24. The van der Waals surface area contributed by atoms with Crippen molar-refractivity contribution in [2.45, 2.75) is 69.9 Å². The second-order valence-corrected chi connectivity index (χ2v) is 8.04. The van der Waals surface area contributed by atoms with Gasteiger partial charge in [0.15, 0.2) is 0 Å². The van der Waals surface area contributed by atoms with Crippen LogP contribution in [0.4, 0.5) is 5.69 Å².